The molecule has 2 rings (SSSR count). The molecule has 0 saturated heterocycles. The van der Waals surface area contributed by atoms with Crippen LogP contribution in [0, 0.1) is 0 Å². The first-order valence-corrected chi connectivity index (χ1v) is 6.88. The Morgan fingerprint density at radius 2 is 2.31 bits per heavy atom. The Hall–Kier alpha value is -0.670. The van der Waals surface area contributed by atoms with E-state index in [9.17, 15) is 0 Å². The van der Waals surface area contributed by atoms with Crippen LogP contribution in [0.4, 0.5) is 5.69 Å². The van der Waals surface area contributed by atoms with Crippen LogP contribution in [0.25, 0.3) is 0 Å². The molecule has 0 fully saturated rings. The number of nitrogens with one attached hydrogen (secondary N) is 1. The fourth-order valence-electron chi connectivity index (χ4n) is 2.11. The highest BCUT2D eigenvalue weighted by molar-refractivity contribution is 7.99. The number of hydrogen-bond donors (Lipinski definition) is 1. The number of fused-ring (bicyclic) bond motifs is 1. The van der Waals surface area contributed by atoms with Gasteiger partial charge in [0, 0.05) is 24.2 Å². The summed E-state index contributed by atoms with van der Waals surface area (Å²) >= 11 is 1.99. The largest absolute Gasteiger partial charge is 0.369 e. The van der Waals surface area contributed by atoms with Crippen molar-refractivity contribution in [3.8, 4) is 0 Å². The molecular formula is C13H20N2S. The first-order chi connectivity index (χ1) is 7.76. The van der Waals surface area contributed by atoms with Gasteiger partial charge in [0.15, 0.2) is 0 Å². The summed E-state index contributed by atoms with van der Waals surface area (Å²) in [5.41, 5.74) is 2.82. The smallest absolute Gasteiger partial charge is 0.0505 e. The SMILES string of the molecule is CCc1ccc2c(c1)SCC(CNC)N2C. The third-order valence-corrected chi connectivity index (χ3v) is 4.42. The number of rotatable bonds is 3. The summed E-state index contributed by atoms with van der Waals surface area (Å²) in [6.07, 6.45) is 1.12. The monoisotopic (exact) mass is 236 g/mol. The fourth-order valence-corrected chi connectivity index (χ4v) is 3.42. The quantitative estimate of drug-likeness (QED) is 0.867. The standard InChI is InChI=1S/C13H20N2S/c1-4-10-5-6-12-13(7-10)16-9-11(8-14-2)15(12)3/h5-7,11,14H,4,8-9H2,1-3H3. The van der Waals surface area contributed by atoms with Gasteiger partial charge in [-0.25, -0.2) is 0 Å². The van der Waals surface area contributed by atoms with E-state index >= 15 is 0 Å². The minimum absolute atomic E-state index is 0.606. The zero-order valence-electron chi connectivity index (χ0n) is 10.3. The fraction of sp³-hybridized carbons (Fsp3) is 0.538. The molecule has 16 heavy (non-hydrogen) atoms. The normalized spacial score (nSPS) is 19.7. The average molecular weight is 236 g/mol. The Morgan fingerprint density at radius 3 is 3.00 bits per heavy atom. The highest BCUT2D eigenvalue weighted by Crippen LogP contribution is 2.37. The van der Waals surface area contributed by atoms with Crippen LogP contribution < -0.4 is 10.2 Å². The van der Waals surface area contributed by atoms with E-state index in [1.165, 1.54) is 21.9 Å². The Labute approximate surface area is 102 Å². The van der Waals surface area contributed by atoms with E-state index in [1.54, 1.807) is 0 Å². The number of likely N-dealkylation sites (N-methyl/N-ethyl adjacent to an activating group) is 2. The summed E-state index contributed by atoms with van der Waals surface area (Å²) in [6, 6.07) is 7.46. The first kappa shape index (κ1) is 11.8. The number of aryl methyl sites for hydroxylation is 1. The van der Waals surface area contributed by atoms with Gasteiger partial charge in [-0.05, 0) is 31.2 Å². The Bertz CT molecular complexity index is 365. The maximum atomic E-state index is 3.27. The van der Waals surface area contributed by atoms with Crippen LogP contribution in [-0.4, -0.2) is 32.4 Å². The van der Waals surface area contributed by atoms with E-state index in [1.807, 2.05) is 18.8 Å². The van der Waals surface area contributed by atoms with E-state index in [-0.39, 0.29) is 0 Å². The van der Waals surface area contributed by atoms with Gasteiger partial charge in [-0.3, -0.25) is 0 Å². The zero-order chi connectivity index (χ0) is 11.5. The van der Waals surface area contributed by atoms with E-state index in [0.29, 0.717) is 6.04 Å². The summed E-state index contributed by atoms with van der Waals surface area (Å²) in [6.45, 7) is 3.27. The van der Waals surface area contributed by atoms with Crippen LogP contribution in [0.15, 0.2) is 23.1 Å². The summed E-state index contributed by atoms with van der Waals surface area (Å²) in [5.74, 6) is 1.18. The van der Waals surface area contributed by atoms with Crippen molar-refractivity contribution in [1.29, 1.82) is 0 Å². The number of hydrogen-bond acceptors (Lipinski definition) is 3. The molecule has 2 nitrogen and oxygen atoms in total. The lowest BCUT2D eigenvalue weighted by molar-refractivity contribution is 0.629. The van der Waals surface area contributed by atoms with Crippen molar-refractivity contribution in [2.45, 2.75) is 24.3 Å². The van der Waals surface area contributed by atoms with Gasteiger partial charge in [0.25, 0.3) is 0 Å². The minimum atomic E-state index is 0.606. The van der Waals surface area contributed by atoms with Crippen molar-refractivity contribution in [1.82, 2.24) is 5.32 Å². The maximum absolute atomic E-state index is 3.27. The van der Waals surface area contributed by atoms with Gasteiger partial charge >= 0.3 is 0 Å². The number of benzene rings is 1. The molecule has 0 aromatic heterocycles. The minimum Gasteiger partial charge on any atom is -0.369 e. The summed E-state index contributed by atoms with van der Waals surface area (Å²) < 4.78 is 0. The molecule has 1 atom stereocenters. The van der Waals surface area contributed by atoms with Crippen LogP contribution >= 0.6 is 11.8 Å². The van der Waals surface area contributed by atoms with Gasteiger partial charge in [0.1, 0.15) is 0 Å². The second-order valence-corrected chi connectivity index (χ2v) is 5.35. The van der Waals surface area contributed by atoms with Crippen molar-refractivity contribution >= 4 is 17.4 Å². The molecule has 3 heteroatoms. The van der Waals surface area contributed by atoms with Crippen LogP contribution in [0.3, 0.4) is 0 Å². The van der Waals surface area contributed by atoms with Gasteiger partial charge in [0.2, 0.25) is 0 Å². The Morgan fingerprint density at radius 1 is 1.50 bits per heavy atom. The molecule has 1 N–H and O–H groups in total. The second kappa shape index (κ2) is 5.11. The van der Waals surface area contributed by atoms with Crippen LogP contribution in [0.5, 0.6) is 0 Å². The summed E-state index contributed by atoms with van der Waals surface area (Å²) in [4.78, 5) is 3.84. The third kappa shape index (κ3) is 2.20. The Kier molecular flexibility index (Phi) is 3.77. The predicted molar refractivity (Wildman–Crippen MR) is 72.7 cm³/mol. The van der Waals surface area contributed by atoms with Crippen LogP contribution in [0.1, 0.15) is 12.5 Å². The topological polar surface area (TPSA) is 15.3 Å². The van der Waals surface area contributed by atoms with Crippen LogP contribution in [0.2, 0.25) is 0 Å². The lowest BCUT2D eigenvalue weighted by Crippen LogP contribution is -2.43. The Balaban J connectivity index is 2.24. The van der Waals surface area contributed by atoms with E-state index in [0.717, 1.165) is 13.0 Å². The second-order valence-electron chi connectivity index (χ2n) is 4.29. The molecule has 1 heterocycles. The molecule has 0 saturated carbocycles. The van der Waals surface area contributed by atoms with Gasteiger partial charge in [-0.1, -0.05) is 13.0 Å². The highest BCUT2D eigenvalue weighted by atomic mass is 32.2. The lowest BCUT2D eigenvalue weighted by Gasteiger charge is -2.35. The maximum Gasteiger partial charge on any atom is 0.0505 e. The van der Waals surface area contributed by atoms with Crippen molar-refractivity contribution < 1.29 is 0 Å². The molecule has 0 bridgehead atoms. The van der Waals surface area contributed by atoms with Gasteiger partial charge in [-0.2, -0.15) is 0 Å². The van der Waals surface area contributed by atoms with Crippen molar-refractivity contribution in [3.05, 3.63) is 23.8 Å². The van der Waals surface area contributed by atoms with E-state index < -0.39 is 0 Å². The third-order valence-electron chi connectivity index (χ3n) is 3.23. The van der Waals surface area contributed by atoms with Gasteiger partial charge in [-0.15, -0.1) is 11.8 Å². The molecule has 0 spiro atoms. The molecule has 1 aliphatic heterocycles. The molecule has 1 aromatic carbocycles. The summed E-state index contributed by atoms with van der Waals surface area (Å²) in [5, 5.41) is 3.27. The molecule has 1 aliphatic rings. The highest BCUT2D eigenvalue weighted by Gasteiger charge is 2.23. The van der Waals surface area contributed by atoms with Crippen molar-refractivity contribution in [3.63, 3.8) is 0 Å². The number of thioether (sulfide) groups is 1. The molecular weight excluding hydrogens is 216 g/mol. The molecule has 88 valence electrons. The molecule has 1 unspecified atom stereocenters. The van der Waals surface area contributed by atoms with Crippen molar-refractivity contribution in [2.24, 2.45) is 0 Å². The lowest BCUT2D eigenvalue weighted by atomic mass is 10.1. The van der Waals surface area contributed by atoms with Crippen molar-refractivity contribution in [2.75, 3.05) is 31.3 Å². The van der Waals surface area contributed by atoms with E-state index in [4.69, 9.17) is 0 Å². The number of anilines is 1. The average Bonchev–Trinajstić information content (AvgIpc) is 2.32. The first-order valence-electron chi connectivity index (χ1n) is 5.89. The number of nitrogens with zero attached hydrogens (tertiary/aromatic N) is 1. The van der Waals surface area contributed by atoms with Gasteiger partial charge in [0.05, 0.1) is 11.7 Å². The predicted octanol–water partition coefficient (Wildman–Crippen LogP) is 2.38. The van der Waals surface area contributed by atoms with Crippen LogP contribution in [-0.2, 0) is 6.42 Å². The summed E-state index contributed by atoms with van der Waals surface area (Å²) in [7, 11) is 4.22. The molecule has 0 aliphatic carbocycles. The molecule has 0 radical (unpaired) electrons. The molecule has 0 amide bonds. The van der Waals surface area contributed by atoms with Gasteiger partial charge < -0.3 is 10.2 Å². The van der Waals surface area contributed by atoms with E-state index in [2.05, 4.69) is 42.4 Å². The molecule has 1 aromatic rings. The zero-order valence-corrected chi connectivity index (χ0v) is 11.1.